The van der Waals surface area contributed by atoms with Gasteiger partial charge in [0, 0.05) is 17.2 Å². The number of aryl methyl sites for hydroxylation is 2. The highest BCUT2D eigenvalue weighted by atomic mass is 32.1. The zero-order valence-electron chi connectivity index (χ0n) is 8.73. The lowest BCUT2D eigenvalue weighted by atomic mass is 10.1. The minimum absolute atomic E-state index is 0.0311. The molecule has 80 valence electrons. The van der Waals surface area contributed by atoms with Gasteiger partial charge in [0.15, 0.2) is 0 Å². The van der Waals surface area contributed by atoms with Crippen molar-refractivity contribution in [2.45, 2.75) is 26.3 Å². The van der Waals surface area contributed by atoms with Crippen molar-refractivity contribution >= 4 is 22.7 Å². The summed E-state index contributed by atoms with van der Waals surface area (Å²) in [5, 5.41) is 6.25. The van der Waals surface area contributed by atoms with Gasteiger partial charge >= 0.3 is 0 Å². The summed E-state index contributed by atoms with van der Waals surface area (Å²) in [4.78, 5) is 8.78. The SMILES string of the molecule is Cc1nc(CC(N)c2csc(C)n2)cs1. The predicted octanol–water partition coefficient (Wildman–Crippen LogP) is 2.46. The number of hydrogen-bond donors (Lipinski definition) is 1. The fraction of sp³-hybridized carbons (Fsp3) is 0.400. The summed E-state index contributed by atoms with van der Waals surface area (Å²) in [6.07, 6.45) is 0.771. The lowest BCUT2D eigenvalue weighted by Gasteiger charge is -2.05. The molecule has 0 bridgehead atoms. The number of nitrogens with zero attached hydrogens (tertiary/aromatic N) is 2. The summed E-state index contributed by atoms with van der Waals surface area (Å²) in [5.74, 6) is 0. The Kier molecular flexibility index (Phi) is 3.14. The summed E-state index contributed by atoms with van der Waals surface area (Å²) < 4.78 is 0. The largest absolute Gasteiger partial charge is 0.322 e. The normalized spacial score (nSPS) is 13.0. The standard InChI is InChI=1S/C10H13N3S2/c1-6-12-8(4-14-6)3-9(11)10-5-15-7(2)13-10/h4-5,9H,3,11H2,1-2H3. The van der Waals surface area contributed by atoms with Crippen molar-refractivity contribution in [2.75, 3.05) is 0 Å². The second-order valence-electron chi connectivity index (χ2n) is 3.46. The first-order valence-electron chi connectivity index (χ1n) is 4.74. The Morgan fingerprint density at radius 1 is 1.20 bits per heavy atom. The van der Waals surface area contributed by atoms with E-state index in [9.17, 15) is 0 Å². The van der Waals surface area contributed by atoms with Crippen molar-refractivity contribution in [1.29, 1.82) is 0 Å². The van der Waals surface area contributed by atoms with Gasteiger partial charge in [-0.3, -0.25) is 0 Å². The van der Waals surface area contributed by atoms with Crippen molar-refractivity contribution in [2.24, 2.45) is 5.73 Å². The first-order valence-corrected chi connectivity index (χ1v) is 6.49. The van der Waals surface area contributed by atoms with Crippen LogP contribution in [0.2, 0.25) is 0 Å². The highest BCUT2D eigenvalue weighted by Crippen LogP contribution is 2.19. The average molecular weight is 239 g/mol. The lowest BCUT2D eigenvalue weighted by Crippen LogP contribution is -2.14. The van der Waals surface area contributed by atoms with Crippen LogP contribution in [-0.4, -0.2) is 9.97 Å². The molecule has 0 fully saturated rings. The average Bonchev–Trinajstić information content (AvgIpc) is 2.75. The Morgan fingerprint density at radius 2 is 1.87 bits per heavy atom. The van der Waals surface area contributed by atoms with Gasteiger partial charge in [0.05, 0.1) is 27.4 Å². The predicted molar refractivity (Wildman–Crippen MR) is 64.3 cm³/mol. The highest BCUT2D eigenvalue weighted by Gasteiger charge is 2.11. The third-order valence-electron chi connectivity index (χ3n) is 2.11. The van der Waals surface area contributed by atoms with Crippen LogP contribution in [0.1, 0.15) is 27.4 Å². The zero-order chi connectivity index (χ0) is 10.8. The van der Waals surface area contributed by atoms with Crippen LogP contribution in [0.4, 0.5) is 0 Å². The van der Waals surface area contributed by atoms with E-state index in [1.54, 1.807) is 22.7 Å². The van der Waals surface area contributed by atoms with Crippen LogP contribution in [0.15, 0.2) is 10.8 Å². The first kappa shape index (κ1) is 10.7. The molecule has 0 radical (unpaired) electrons. The summed E-state index contributed by atoms with van der Waals surface area (Å²) in [5.41, 5.74) is 8.10. The smallest absolute Gasteiger partial charge is 0.0898 e. The van der Waals surface area contributed by atoms with Gasteiger partial charge in [0.1, 0.15) is 0 Å². The second kappa shape index (κ2) is 4.38. The Morgan fingerprint density at radius 3 is 2.40 bits per heavy atom. The molecule has 0 aliphatic carbocycles. The van der Waals surface area contributed by atoms with Gasteiger partial charge in [-0.25, -0.2) is 9.97 Å². The molecule has 0 aliphatic rings. The summed E-state index contributed by atoms with van der Waals surface area (Å²) in [6, 6.07) is -0.0311. The third-order valence-corrected chi connectivity index (χ3v) is 3.73. The van der Waals surface area contributed by atoms with E-state index in [0.29, 0.717) is 0 Å². The van der Waals surface area contributed by atoms with E-state index >= 15 is 0 Å². The van der Waals surface area contributed by atoms with Gasteiger partial charge in [0.2, 0.25) is 0 Å². The molecule has 15 heavy (non-hydrogen) atoms. The van der Waals surface area contributed by atoms with E-state index in [1.807, 2.05) is 19.2 Å². The van der Waals surface area contributed by atoms with Crippen molar-refractivity contribution in [1.82, 2.24) is 9.97 Å². The molecule has 3 nitrogen and oxygen atoms in total. The van der Waals surface area contributed by atoms with Gasteiger partial charge in [-0.1, -0.05) is 0 Å². The molecule has 0 saturated heterocycles. The number of rotatable bonds is 3. The topological polar surface area (TPSA) is 51.8 Å². The molecule has 0 saturated carbocycles. The Labute approximate surface area is 97.0 Å². The Hall–Kier alpha value is -0.780. The van der Waals surface area contributed by atoms with Crippen LogP contribution < -0.4 is 5.73 Å². The van der Waals surface area contributed by atoms with Crippen LogP contribution in [0.3, 0.4) is 0 Å². The molecule has 0 amide bonds. The quantitative estimate of drug-likeness (QED) is 0.895. The molecule has 2 heterocycles. The number of nitrogens with two attached hydrogens (primary N) is 1. The monoisotopic (exact) mass is 239 g/mol. The summed E-state index contributed by atoms with van der Waals surface area (Å²) in [6.45, 7) is 4.00. The van der Waals surface area contributed by atoms with Crippen molar-refractivity contribution in [3.8, 4) is 0 Å². The molecular weight excluding hydrogens is 226 g/mol. The molecule has 2 aromatic rings. The van der Waals surface area contributed by atoms with Crippen molar-refractivity contribution in [3.63, 3.8) is 0 Å². The Bertz CT molecular complexity index is 447. The van der Waals surface area contributed by atoms with Gasteiger partial charge < -0.3 is 5.73 Å². The van der Waals surface area contributed by atoms with Gasteiger partial charge in [-0.15, -0.1) is 22.7 Å². The van der Waals surface area contributed by atoms with Crippen molar-refractivity contribution in [3.05, 3.63) is 32.2 Å². The molecule has 0 spiro atoms. The van der Waals surface area contributed by atoms with Crippen LogP contribution >= 0.6 is 22.7 Å². The first-order chi connectivity index (χ1) is 7.15. The second-order valence-corrected chi connectivity index (χ2v) is 5.58. The van der Waals surface area contributed by atoms with Gasteiger partial charge in [-0.05, 0) is 13.8 Å². The van der Waals surface area contributed by atoms with Crippen molar-refractivity contribution < 1.29 is 0 Å². The summed E-state index contributed by atoms with van der Waals surface area (Å²) >= 11 is 3.30. The van der Waals surface area contributed by atoms with E-state index in [0.717, 1.165) is 27.8 Å². The highest BCUT2D eigenvalue weighted by molar-refractivity contribution is 7.09. The zero-order valence-corrected chi connectivity index (χ0v) is 10.4. The van der Waals surface area contributed by atoms with Crippen LogP contribution in [0, 0.1) is 13.8 Å². The Balaban J connectivity index is 2.06. The molecule has 1 unspecified atom stereocenters. The minimum Gasteiger partial charge on any atom is -0.322 e. The maximum absolute atomic E-state index is 6.06. The van der Waals surface area contributed by atoms with Crippen LogP contribution in [-0.2, 0) is 6.42 Å². The fourth-order valence-corrected chi connectivity index (χ4v) is 2.68. The van der Waals surface area contributed by atoms with Gasteiger partial charge in [0.25, 0.3) is 0 Å². The molecule has 0 aromatic carbocycles. The molecule has 2 N–H and O–H groups in total. The molecular formula is C10H13N3S2. The lowest BCUT2D eigenvalue weighted by molar-refractivity contribution is 0.689. The minimum atomic E-state index is -0.0311. The third kappa shape index (κ3) is 2.62. The molecule has 2 aromatic heterocycles. The number of hydrogen-bond acceptors (Lipinski definition) is 5. The molecule has 2 rings (SSSR count). The molecule has 5 heteroatoms. The maximum atomic E-state index is 6.06. The van der Waals surface area contributed by atoms with Gasteiger partial charge in [-0.2, -0.15) is 0 Å². The number of thiazole rings is 2. The van der Waals surface area contributed by atoms with E-state index in [1.165, 1.54) is 0 Å². The summed E-state index contributed by atoms with van der Waals surface area (Å²) in [7, 11) is 0. The number of aromatic nitrogens is 2. The van der Waals surface area contributed by atoms with E-state index < -0.39 is 0 Å². The van der Waals surface area contributed by atoms with Crippen LogP contribution in [0.25, 0.3) is 0 Å². The van der Waals surface area contributed by atoms with Crippen LogP contribution in [0.5, 0.6) is 0 Å². The molecule has 1 atom stereocenters. The van der Waals surface area contributed by atoms with E-state index in [4.69, 9.17) is 5.73 Å². The fourth-order valence-electron chi connectivity index (χ4n) is 1.38. The molecule has 0 aliphatic heterocycles. The van der Waals surface area contributed by atoms with E-state index in [-0.39, 0.29) is 6.04 Å². The maximum Gasteiger partial charge on any atom is 0.0898 e. The van der Waals surface area contributed by atoms with E-state index in [2.05, 4.69) is 15.3 Å².